The molecule has 0 bridgehead atoms. The van der Waals surface area contributed by atoms with Gasteiger partial charge in [0, 0.05) is 31.2 Å². The molecule has 3 rings (SSSR count). The molecule has 1 N–H and O–H groups in total. The minimum absolute atomic E-state index is 0.280. The number of piperazine rings is 1. The Hall–Kier alpha value is -1.60. The van der Waals surface area contributed by atoms with Crippen molar-refractivity contribution in [1.82, 2.24) is 9.62 Å². The molecule has 1 aliphatic heterocycles. The zero-order chi connectivity index (χ0) is 16.3. The lowest BCUT2D eigenvalue weighted by Gasteiger charge is -2.26. The molecule has 2 aromatic rings. The first-order chi connectivity index (χ1) is 11.1. The Labute approximate surface area is 140 Å². The summed E-state index contributed by atoms with van der Waals surface area (Å²) in [6.45, 7) is 2.34. The van der Waals surface area contributed by atoms with Crippen molar-refractivity contribution in [3.05, 3.63) is 53.6 Å². The molecule has 0 spiro atoms. The first kappa shape index (κ1) is 16.3. The van der Waals surface area contributed by atoms with Crippen LogP contribution in [0, 0.1) is 0 Å². The van der Waals surface area contributed by atoms with Crippen molar-refractivity contribution < 1.29 is 13.2 Å². The average molecular weight is 353 g/mol. The fourth-order valence-corrected chi connectivity index (χ4v) is 3.92. The van der Waals surface area contributed by atoms with E-state index in [1.807, 2.05) is 0 Å². The van der Waals surface area contributed by atoms with Crippen LogP contribution in [-0.4, -0.2) is 38.9 Å². The van der Waals surface area contributed by atoms with E-state index < -0.39 is 10.0 Å². The SMILES string of the molecule is O=S(=O)(c1ccc(Oc2ccc(Cl)cc2)cc1)N1CCNCC1. The Morgan fingerprint density at radius 1 is 0.913 bits per heavy atom. The number of benzene rings is 2. The van der Waals surface area contributed by atoms with E-state index in [0.717, 1.165) is 0 Å². The van der Waals surface area contributed by atoms with E-state index in [1.54, 1.807) is 48.5 Å². The van der Waals surface area contributed by atoms with Crippen LogP contribution in [0.15, 0.2) is 53.4 Å². The van der Waals surface area contributed by atoms with Crippen molar-refractivity contribution in [2.45, 2.75) is 4.90 Å². The lowest BCUT2D eigenvalue weighted by atomic mass is 10.3. The molecule has 1 fully saturated rings. The third-order valence-corrected chi connectivity index (χ3v) is 5.75. The van der Waals surface area contributed by atoms with Crippen molar-refractivity contribution in [3.63, 3.8) is 0 Å². The minimum atomic E-state index is -3.44. The molecule has 1 aliphatic rings. The molecule has 1 saturated heterocycles. The average Bonchev–Trinajstić information content (AvgIpc) is 2.58. The molecule has 0 aromatic heterocycles. The van der Waals surface area contributed by atoms with Gasteiger partial charge >= 0.3 is 0 Å². The van der Waals surface area contributed by atoms with Crippen molar-refractivity contribution in [1.29, 1.82) is 0 Å². The zero-order valence-electron chi connectivity index (χ0n) is 12.4. The van der Waals surface area contributed by atoms with Crippen LogP contribution in [0.4, 0.5) is 0 Å². The largest absolute Gasteiger partial charge is 0.457 e. The number of ether oxygens (including phenoxy) is 1. The number of rotatable bonds is 4. The van der Waals surface area contributed by atoms with Crippen molar-refractivity contribution >= 4 is 21.6 Å². The summed E-state index contributed by atoms with van der Waals surface area (Å²) in [5, 5.41) is 3.78. The summed E-state index contributed by atoms with van der Waals surface area (Å²) in [6, 6.07) is 13.4. The molecule has 0 unspecified atom stereocenters. The normalized spacial score (nSPS) is 16.2. The predicted molar refractivity (Wildman–Crippen MR) is 89.6 cm³/mol. The standard InChI is InChI=1S/C16H17ClN2O3S/c17-13-1-3-14(4-2-13)22-15-5-7-16(8-6-15)23(20,21)19-11-9-18-10-12-19/h1-8,18H,9-12H2. The fraction of sp³-hybridized carbons (Fsp3) is 0.250. The van der Waals surface area contributed by atoms with Gasteiger partial charge < -0.3 is 10.1 Å². The molecule has 5 nitrogen and oxygen atoms in total. The highest BCUT2D eigenvalue weighted by molar-refractivity contribution is 7.89. The molecule has 0 aliphatic carbocycles. The van der Waals surface area contributed by atoms with Gasteiger partial charge in [0.15, 0.2) is 0 Å². The van der Waals surface area contributed by atoms with Gasteiger partial charge in [0.05, 0.1) is 4.90 Å². The predicted octanol–water partition coefficient (Wildman–Crippen LogP) is 2.73. The Bertz CT molecular complexity index is 755. The minimum Gasteiger partial charge on any atom is -0.457 e. The number of nitrogens with zero attached hydrogens (tertiary/aromatic N) is 1. The Morgan fingerprint density at radius 3 is 2.00 bits per heavy atom. The van der Waals surface area contributed by atoms with Gasteiger partial charge in [0.25, 0.3) is 0 Å². The molecule has 0 saturated carbocycles. The summed E-state index contributed by atoms with van der Waals surface area (Å²) in [5.41, 5.74) is 0. The molecule has 0 amide bonds. The van der Waals surface area contributed by atoms with Crippen LogP contribution in [0.2, 0.25) is 5.02 Å². The highest BCUT2D eigenvalue weighted by Gasteiger charge is 2.25. The third-order valence-electron chi connectivity index (χ3n) is 3.59. The third kappa shape index (κ3) is 3.84. The van der Waals surface area contributed by atoms with Crippen molar-refractivity contribution in [3.8, 4) is 11.5 Å². The molecule has 0 atom stereocenters. The molecular formula is C16H17ClN2O3S. The second kappa shape index (κ2) is 6.88. The van der Waals surface area contributed by atoms with Gasteiger partial charge in [-0.25, -0.2) is 8.42 Å². The summed E-state index contributed by atoms with van der Waals surface area (Å²) in [7, 11) is -3.44. The van der Waals surface area contributed by atoms with E-state index >= 15 is 0 Å². The second-order valence-electron chi connectivity index (χ2n) is 5.18. The smallest absolute Gasteiger partial charge is 0.243 e. The molecule has 122 valence electrons. The zero-order valence-corrected chi connectivity index (χ0v) is 14.0. The van der Waals surface area contributed by atoms with Crippen molar-refractivity contribution in [2.24, 2.45) is 0 Å². The van der Waals surface area contributed by atoms with Crippen molar-refractivity contribution in [2.75, 3.05) is 26.2 Å². The second-order valence-corrected chi connectivity index (χ2v) is 7.56. The van der Waals surface area contributed by atoms with Crippen LogP contribution in [0.3, 0.4) is 0 Å². The molecule has 23 heavy (non-hydrogen) atoms. The van der Waals surface area contributed by atoms with Crippen LogP contribution < -0.4 is 10.1 Å². The van der Waals surface area contributed by atoms with Gasteiger partial charge in [-0.1, -0.05) is 11.6 Å². The van der Waals surface area contributed by atoms with Gasteiger partial charge in [-0.15, -0.1) is 0 Å². The van der Waals surface area contributed by atoms with Gasteiger partial charge in [-0.2, -0.15) is 4.31 Å². The summed E-state index contributed by atoms with van der Waals surface area (Å²) in [4.78, 5) is 0.280. The topological polar surface area (TPSA) is 58.6 Å². The first-order valence-electron chi connectivity index (χ1n) is 7.30. The van der Waals surface area contributed by atoms with E-state index in [4.69, 9.17) is 16.3 Å². The van der Waals surface area contributed by atoms with E-state index in [9.17, 15) is 8.42 Å². The summed E-state index contributed by atoms with van der Waals surface area (Å²) in [5.74, 6) is 1.22. The summed E-state index contributed by atoms with van der Waals surface area (Å²) < 4.78 is 32.2. The summed E-state index contributed by atoms with van der Waals surface area (Å²) in [6.07, 6.45) is 0. The number of sulfonamides is 1. The molecule has 7 heteroatoms. The maximum absolute atomic E-state index is 12.5. The van der Waals surface area contributed by atoms with Gasteiger partial charge in [0.2, 0.25) is 10.0 Å². The van der Waals surface area contributed by atoms with E-state index in [-0.39, 0.29) is 4.90 Å². The maximum atomic E-state index is 12.5. The monoisotopic (exact) mass is 352 g/mol. The Balaban J connectivity index is 1.74. The van der Waals surface area contributed by atoms with E-state index in [2.05, 4.69) is 5.32 Å². The highest BCUT2D eigenvalue weighted by atomic mass is 35.5. The van der Waals surface area contributed by atoms with Gasteiger partial charge in [-0.3, -0.25) is 0 Å². The maximum Gasteiger partial charge on any atom is 0.243 e. The molecule has 0 radical (unpaired) electrons. The molecular weight excluding hydrogens is 336 g/mol. The van der Waals surface area contributed by atoms with Crippen LogP contribution >= 0.6 is 11.6 Å². The lowest BCUT2D eigenvalue weighted by molar-refractivity contribution is 0.360. The van der Waals surface area contributed by atoms with Crippen LogP contribution in [0.1, 0.15) is 0 Å². The fourth-order valence-electron chi connectivity index (χ4n) is 2.35. The van der Waals surface area contributed by atoms with Gasteiger partial charge in [-0.05, 0) is 48.5 Å². The Kier molecular flexibility index (Phi) is 4.87. The Morgan fingerprint density at radius 2 is 1.43 bits per heavy atom. The number of hydrogen-bond acceptors (Lipinski definition) is 4. The van der Waals surface area contributed by atoms with E-state index in [1.165, 1.54) is 4.31 Å². The van der Waals surface area contributed by atoms with Crippen LogP contribution in [0.5, 0.6) is 11.5 Å². The number of halogens is 1. The molecule has 1 heterocycles. The highest BCUT2D eigenvalue weighted by Crippen LogP contribution is 2.25. The van der Waals surface area contributed by atoms with Gasteiger partial charge in [0.1, 0.15) is 11.5 Å². The lowest BCUT2D eigenvalue weighted by Crippen LogP contribution is -2.46. The first-order valence-corrected chi connectivity index (χ1v) is 9.12. The summed E-state index contributed by atoms with van der Waals surface area (Å²) >= 11 is 5.83. The van der Waals surface area contributed by atoms with Crippen LogP contribution in [-0.2, 0) is 10.0 Å². The number of nitrogens with one attached hydrogen (secondary N) is 1. The van der Waals surface area contributed by atoms with E-state index in [0.29, 0.717) is 42.7 Å². The number of hydrogen-bond donors (Lipinski definition) is 1. The molecule has 2 aromatic carbocycles. The van der Waals surface area contributed by atoms with Crippen LogP contribution in [0.25, 0.3) is 0 Å². The quantitative estimate of drug-likeness (QED) is 0.919.